The third-order valence-electron chi connectivity index (χ3n) is 5.95. The van der Waals surface area contributed by atoms with E-state index in [1.807, 2.05) is 60.7 Å². The molecule has 228 valence electrons. The van der Waals surface area contributed by atoms with Gasteiger partial charge in [0.1, 0.15) is 11.6 Å². The number of hydrogen-bond donors (Lipinski definition) is 2. The lowest BCUT2D eigenvalue weighted by molar-refractivity contribution is -0.124. The maximum absolute atomic E-state index is 13.7. The van der Waals surface area contributed by atoms with E-state index >= 15 is 0 Å². The monoisotopic (exact) mass is 590 g/mol. The van der Waals surface area contributed by atoms with Crippen LogP contribution in [0.25, 0.3) is 0 Å². The molecule has 0 radical (unpaired) electrons. The zero-order valence-corrected chi connectivity index (χ0v) is 25.8. The molecular weight excluding hydrogens is 543 g/mol. The Morgan fingerprint density at radius 1 is 0.780 bits per heavy atom. The van der Waals surface area contributed by atoms with Gasteiger partial charge < -0.3 is 15.4 Å². The van der Waals surface area contributed by atoms with Crippen LogP contribution < -0.4 is 10.6 Å². The van der Waals surface area contributed by atoms with Crippen LogP contribution in [0, 0.1) is 0 Å². The number of phosphoric acid groups is 1. The number of nitrogens with one attached hydrogen (secondary N) is 2. The predicted molar refractivity (Wildman–Crippen MR) is 160 cm³/mol. The zero-order chi connectivity index (χ0) is 30.0. The van der Waals surface area contributed by atoms with Gasteiger partial charge in [-0.15, -0.1) is 0 Å². The molecule has 0 saturated carbocycles. The van der Waals surface area contributed by atoms with Gasteiger partial charge >= 0.3 is 13.9 Å². The van der Waals surface area contributed by atoms with Crippen molar-refractivity contribution in [1.82, 2.24) is 10.6 Å². The largest absolute Gasteiger partial charge is 0.475 e. The van der Waals surface area contributed by atoms with Crippen molar-refractivity contribution in [2.45, 2.75) is 97.5 Å². The van der Waals surface area contributed by atoms with E-state index in [4.69, 9.17) is 18.3 Å². The summed E-state index contributed by atoms with van der Waals surface area (Å²) >= 11 is 0. The summed E-state index contributed by atoms with van der Waals surface area (Å²) in [6.45, 7) is 7.31. The molecule has 0 aromatic heterocycles. The number of benzene rings is 2. The summed E-state index contributed by atoms with van der Waals surface area (Å²) in [6, 6.07) is 17.2. The molecule has 0 bridgehead atoms. The minimum atomic E-state index is -4.15. The van der Waals surface area contributed by atoms with Gasteiger partial charge in [0.25, 0.3) is 0 Å². The van der Waals surface area contributed by atoms with Gasteiger partial charge in [0.15, 0.2) is 0 Å². The van der Waals surface area contributed by atoms with Crippen molar-refractivity contribution in [3.05, 3.63) is 71.8 Å². The van der Waals surface area contributed by atoms with Crippen LogP contribution in [0.15, 0.2) is 60.7 Å². The van der Waals surface area contributed by atoms with Crippen LogP contribution in [-0.2, 0) is 40.9 Å². The Bertz CT molecular complexity index is 1010. The molecule has 1 unspecified atom stereocenters. The highest BCUT2D eigenvalue weighted by atomic mass is 31.2. The van der Waals surface area contributed by atoms with Gasteiger partial charge in [-0.3, -0.25) is 18.4 Å². The van der Waals surface area contributed by atoms with Crippen LogP contribution in [0.4, 0.5) is 4.79 Å². The minimum absolute atomic E-state index is 0.0263. The first kappa shape index (κ1) is 34.5. The van der Waals surface area contributed by atoms with Gasteiger partial charge in [0.2, 0.25) is 5.91 Å². The van der Waals surface area contributed by atoms with Crippen LogP contribution >= 0.6 is 7.82 Å². The van der Waals surface area contributed by atoms with E-state index < -0.39 is 38.1 Å². The number of rotatable bonds is 19. The van der Waals surface area contributed by atoms with Crippen molar-refractivity contribution in [3.8, 4) is 0 Å². The van der Waals surface area contributed by atoms with Crippen molar-refractivity contribution in [3.63, 3.8) is 0 Å². The molecule has 2 aromatic carbocycles. The lowest BCUT2D eigenvalue weighted by Gasteiger charge is -2.25. The smallest absolute Gasteiger partial charge is 0.444 e. The fourth-order valence-electron chi connectivity index (χ4n) is 3.78. The third kappa shape index (κ3) is 15.8. The van der Waals surface area contributed by atoms with E-state index in [2.05, 4.69) is 17.6 Å². The molecule has 10 heteroatoms. The van der Waals surface area contributed by atoms with Crippen LogP contribution in [0.2, 0.25) is 0 Å². The van der Waals surface area contributed by atoms with Gasteiger partial charge in [0.05, 0.1) is 19.8 Å². The number of ether oxygens (including phenoxy) is 1. The first-order chi connectivity index (χ1) is 19.6. The van der Waals surface area contributed by atoms with Gasteiger partial charge in [-0.25, -0.2) is 9.36 Å². The molecule has 0 spiro atoms. The molecule has 0 aliphatic carbocycles. The van der Waals surface area contributed by atoms with E-state index in [0.29, 0.717) is 6.54 Å². The fourth-order valence-corrected chi connectivity index (χ4v) is 4.95. The van der Waals surface area contributed by atoms with Crippen molar-refractivity contribution in [2.75, 3.05) is 13.2 Å². The molecule has 0 saturated heterocycles. The van der Waals surface area contributed by atoms with Crippen molar-refractivity contribution in [1.29, 1.82) is 0 Å². The number of carbonyl (C=O) groups excluding carboxylic acids is 2. The summed E-state index contributed by atoms with van der Waals surface area (Å²) in [5.41, 5.74) is 0.780. The quantitative estimate of drug-likeness (QED) is 0.130. The molecule has 1 atom stereocenters. The van der Waals surface area contributed by atoms with Gasteiger partial charge in [-0.05, 0) is 38.3 Å². The maximum atomic E-state index is 13.7. The first-order valence-corrected chi connectivity index (χ1v) is 15.9. The highest BCUT2D eigenvalue weighted by molar-refractivity contribution is 7.48. The average Bonchev–Trinajstić information content (AvgIpc) is 2.94. The normalized spacial score (nSPS) is 12.5. The molecule has 2 N–H and O–H groups in total. The van der Waals surface area contributed by atoms with Crippen molar-refractivity contribution < 1.29 is 32.5 Å². The first-order valence-electron chi connectivity index (χ1n) is 14.5. The fraction of sp³-hybridized carbons (Fsp3) is 0.548. The molecule has 2 aromatic rings. The zero-order valence-electron chi connectivity index (χ0n) is 24.9. The van der Waals surface area contributed by atoms with Gasteiger partial charge in [0, 0.05) is 6.54 Å². The lowest BCUT2D eigenvalue weighted by atomic mass is 10.1. The van der Waals surface area contributed by atoms with Gasteiger partial charge in [-0.2, -0.15) is 0 Å². The lowest BCUT2D eigenvalue weighted by Crippen LogP contribution is -2.50. The minimum Gasteiger partial charge on any atom is -0.444 e. The molecular formula is C31H47N2O7P. The molecule has 0 fully saturated rings. The number of phosphoric ester groups is 1. The number of hydrogen-bond acceptors (Lipinski definition) is 7. The number of alkyl carbamates (subject to hydrolysis) is 1. The molecule has 9 nitrogen and oxygen atoms in total. The van der Waals surface area contributed by atoms with Crippen LogP contribution in [0.3, 0.4) is 0 Å². The Balaban J connectivity index is 2.04. The van der Waals surface area contributed by atoms with E-state index in [1.54, 1.807) is 20.8 Å². The highest BCUT2D eigenvalue weighted by Gasteiger charge is 2.32. The highest BCUT2D eigenvalue weighted by Crippen LogP contribution is 2.51. The van der Waals surface area contributed by atoms with Crippen LogP contribution in [-0.4, -0.2) is 36.8 Å². The number of carbonyl (C=O) groups is 2. The molecule has 2 rings (SSSR count). The second-order valence-electron chi connectivity index (χ2n) is 10.9. The van der Waals surface area contributed by atoms with E-state index in [0.717, 1.165) is 30.4 Å². The number of unbranched alkanes of at least 4 members (excludes halogenated alkanes) is 6. The summed E-state index contributed by atoms with van der Waals surface area (Å²) in [7, 11) is -4.15. The predicted octanol–water partition coefficient (Wildman–Crippen LogP) is 7.30. The Hall–Kier alpha value is -2.71. The van der Waals surface area contributed by atoms with E-state index in [9.17, 15) is 14.2 Å². The molecule has 0 aliphatic heterocycles. The van der Waals surface area contributed by atoms with Crippen molar-refractivity contribution >= 4 is 19.8 Å². The standard InChI is InChI=1S/C31H47N2O7P/c1-5-6-7-8-9-10-17-22-32-29(34)28(33-30(35)40-31(2,3)4)25-39-41(36,37-23-26-18-13-11-14-19-26)38-24-27-20-15-12-16-21-27/h11-16,18-21,28H,5-10,17,22-25H2,1-4H3,(H,32,34)(H,33,35). The number of amides is 2. The van der Waals surface area contributed by atoms with E-state index in [1.165, 1.54) is 25.7 Å². The summed E-state index contributed by atoms with van der Waals surface area (Å²) in [5.74, 6) is -0.473. The molecule has 2 amide bonds. The summed E-state index contributed by atoms with van der Waals surface area (Å²) < 4.78 is 35.9. The van der Waals surface area contributed by atoms with Crippen LogP contribution in [0.5, 0.6) is 0 Å². The Morgan fingerprint density at radius 3 is 1.80 bits per heavy atom. The topological polar surface area (TPSA) is 112 Å². The summed E-state index contributed by atoms with van der Waals surface area (Å²) in [4.78, 5) is 25.6. The summed E-state index contributed by atoms with van der Waals surface area (Å²) in [5, 5.41) is 5.38. The SMILES string of the molecule is CCCCCCCCCNC(=O)C(COP(=O)(OCc1ccccc1)OCc1ccccc1)NC(=O)OC(C)(C)C. The Labute approximate surface area is 245 Å². The Kier molecular flexibility index (Phi) is 15.7. The van der Waals surface area contributed by atoms with E-state index in [-0.39, 0.29) is 13.2 Å². The molecule has 41 heavy (non-hydrogen) atoms. The van der Waals surface area contributed by atoms with Crippen molar-refractivity contribution in [2.24, 2.45) is 0 Å². The average molecular weight is 591 g/mol. The molecule has 0 heterocycles. The second kappa shape index (κ2) is 18.7. The molecule has 0 aliphatic rings. The maximum Gasteiger partial charge on any atom is 0.475 e. The Morgan fingerprint density at radius 2 is 1.29 bits per heavy atom. The van der Waals surface area contributed by atoms with Crippen LogP contribution in [0.1, 0.15) is 83.8 Å². The third-order valence-corrected chi connectivity index (χ3v) is 7.31. The summed E-state index contributed by atoms with van der Waals surface area (Å²) in [6.07, 6.45) is 6.98. The second-order valence-corrected chi connectivity index (χ2v) is 12.5. The van der Waals surface area contributed by atoms with Gasteiger partial charge in [-0.1, -0.05) is 106 Å².